The summed E-state index contributed by atoms with van der Waals surface area (Å²) in [6, 6.07) is 5.16. The minimum Gasteiger partial charge on any atom is -0.299 e. The fourth-order valence-corrected chi connectivity index (χ4v) is 2.22. The number of amides is 2. The molecule has 0 aromatic heterocycles. The summed E-state index contributed by atoms with van der Waals surface area (Å²) in [5.74, 6) is -4.71. The summed E-state index contributed by atoms with van der Waals surface area (Å²) in [6.07, 6.45) is 0. The number of hydrogen-bond donors (Lipinski definition) is 0. The molecule has 2 rings (SSSR count). The van der Waals surface area contributed by atoms with Crippen molar-refractivity contribution < 1.29 is 19.2 Å². The van der Waals surface area contributed by atoms with E-state index in [0.717, 1.165) is 17.4 Å². The predicted molar refractivity (Wildman–Crippen MR) is 67.6 cm³/mol. The molecule has 1 aliphatic heterocycles. The Bertz CT molecular complexity index is 618. The van der Waals surface area contributed by atoms with Crippen molar-refractivity contribution in [3.8, 4) is 0 Å². The Morgan fingerprint density at radius 3 is 2.26 bits per heavy atom. The molecule has 1 atom stereocenters. The molecule has 5 heteroatoms. The monoisotopic (exact) mass is 259 g/mol. The molecular formula is C14H13NO4. The maximum absolute atomic E-state index is 12.1. The van der Waals surface area contributed by atoms with Gasteiger partial charge >= 0.3 is 5.91 Å². The van der Waals surface area contributed by atoms with Crippen LogP contribution in [0.4, 0.5) is 5.69 Å². The van der Waals surface area contributed by atoms with E-state index in [1.165, 1.54) is 0 Å². The molecule has 1 fully saturated rings. The maximum Gasteiger partial charge on any atom is 0.302 e. The van der Waals surface area contributed by atoms with E-state index < -0.39 is 29.3 Å². The van der Waals surface area contributed by atoms with Gasteiger partial charge in [0.05, 0.1) is 5.69 Å². The van der Waals surface area contributed by atoms with E-state index >= 15 is 0 Å². The normalized spacial score (nSPS) is 19.2. The summed E-state index contributed by atoms with van der Waals surface area (Å²) in [5, 5.41) is 0. The van der Waals surface area contributed by atoms with E-state index in [1.54, 1.807) is 19.1 Å². The lowest BCUT2D eigenvalue weighted by Gasteiger charge is -2.16. The number of aryl methyl sites for hydroxylation is 2. The van der Waals surface area contributed by atoms with Crippen molar-refractivity contribution in [3.05, 3.63) is 29.3 Å². The van der Waals surface area contributed by atoms with Crippen LogP contribution in [-0.4, -0.2) is 23.4 Å². The van der Waals surface area contributed by atoms with Crippen molar-refractivity contribution in [2.75, 3.05) is 4.90 Å². The van der Waals surface area contributed by atoms with Gasteiger partial charge in [0.1, 0.15) is 5.78 Å². The number of imide groups is 1. The van der Waals surface area contributed by atoms with Crippen molar-refractivity contribution in [2.45, 2.75) is 20.8 Å². The molecule has 1 heterocycles. The zero-order chi connectivity index (χ0) is 14.3. The van der Waals surface area contributed by atoms with Crippen LogP contribution < -0.4 is 4.90 Å². The van der Waals surface area contributed by atoms with Gasteiger partial charge in [-0.3, -0.25) is 19.2 Å². The first-order valence-electron chi connectivity index (χ1n) is 5.84. The lowest BCUT2D eigenvalue weighted by atomic mass is 10.0. The molecule has 0 unspecified atom stereocenters. The zero-order valence-electron chi connectivity index (χ0n) is 10.9. The van der Waals surface area contributed by atoms with Gasteiger partial charge in [-0.1, -0.05) is 17.7 Å². The Labute approximate surface area is 110 Å². The SMILES string of the molecule is CC(=O)[C@H]1C(=O)C(=O)N(c2ccc(C)cc2C)C1=O. The quantitative estimate of drug-likeness (QED) is 0.450. The number of benzene rings is 1. The van der Waals surface area contributed by atoms with Crippen LogP contribution in [0.25, 0.3) is 0 Å². The number of rotatable bonds is 2. The molecule has 0 N–H and O–H groups in total. The smallest absolute Gasteiger partial charge is 0.299 e. The summed E-state index contributed by atoms with van der Waals surface area (Å²) < 4.78 is 0. The van der Waals surface area contributed by atoms with Gasteiger partial charge < -0.3 is 0 Å². The first kappa shape index (κ1) is 13.1. The van der Waals surface area contributed by atoms with Gasteiger partial charge in [-0.25, -0.2) is 4.90 Å². The van der Waals surface area contributed by atoms with E-state index in [4.69, 9.17) is 0 Å². The highest BCUT2D eigenvalue weighted by atomic mass is 16.2. The largest absolute Gasteiger partial charge is 0.302 e. The number of hydrogen-bond acceptors (Lipinski definition) is 4. The number of anilines is 1. The zero-order valence-corrected chi connectivity index (χ0v) is 10.9. The Hall–Kier alpha value is -2.30. The molecule has 0 aliphatic carbocycles. The molecule has 98 valence electrons. The summed E-state index contributed by atoms with van der Waals surface area (Å²) >= 11 is 0. The molecular weight excluding hydrogens is 246 g/mol. The highest BCUT2D eigenvalue weighted by Gasteiger charge is 2.50. The van der Waals surface area contributed by atoms with Crippen molar-refractivity contribution in [1.29, 1.82) is 0 Å². The van der Waals surface area contributed by atoms with Crippen LogP contribution in [-0.2, 0) is 19.2 Å². The van der Waals surface area contributed by atoms with Crippen molar-refractivity contribution in [2.24, 2.45) is 5.92 Å². The minimum atomic E-state index is -1.48. The van der Waals surface area contributed by atoms with Crippen LogP contribution in [0.2, 0.25) is 0 Å². The van der Waals surface area contributed by atoms with Crippen LogP contribution in [0.1, 0.15) is 18.1 Å². The third-order valence-electron chi connectivity index (χ3n) is 3.14. The summed E-state index contributed by atoms with van der Waals surface area (Å²) in [5.41, 5.74) is 2.05. The van der Waals surface area contributed by atoms with E-state index in [-0.39, 0.29) is 0 Å². The highest BCUT2D eigenvalue weighted by molar-refractivity contribution is 6.59. The molecule has 1 aliphatic rings. The van der Waals surface area contributed by atoms with E-state index in [2.05, 4.69) is 0 Å². The number of nitrogens with zero attached hydrogens (tertiary/aromatic N) is 1. The molecule has 0 saturated carbocycles. The topological polar surface area (TPSA) is 71.5 Å². The first-order valence-corrected chi connectivity index (χ1v) is 5.84. The Morgan fingerprint density at radius 1 is 1.16 bits per heavy atom. The van der Waals surface area contributed by atoms with Crippen LogP contribution in [0.5, 0.6) is 0 Å². The third kappa shape index (κ3) is 1.97. The molecule has 19 heavy (non-hydrogen) atoms. The Kier molecular flexibility index (Phi) is 3.06. The minimum absolute atomic E-state index is 0.359. The van der Waals surface area contributed by atoms with Gasteiger partial charge in [-0.05, 0) is 32.4 Å². The molecule has 0 bridgehead atoms. The maximum atomic E-state index is 12.1. The van der Waals surface area contributed by atoms with Crippen molar-refractivity contribution in [3.63, 3.8) is 0 Å². The Balaban J connectivity index is 2.51. The predicted octanol–water partition coefficient (Wildman–Crippen LogP) is 0.951. The van der Waals surface area contributed by atoms with Gasteiger partial charge in [0.2, 0.25) is 5.78 Å². The lowest BCUT2D eigenvalue weighted by molar-refractivity contribution is -0.139. The van der Waals surface area contributed by atoms with Gasteiger partial charge in [0, 0.05) is 0 Å². The number of carbonyl (C=O) groups is 4. The average Bonchev–Trinajstić information content (AvgIpc) is 2.52. The molecule has 0 radical (unpaired) electrons. The fraction of sp³-hybridized carbons (Fsp3) is 0.286. The first-order chi connectivity index (χ1) is 8.84. The van der Waals surface area contributed by atoms with Crippen LogP contribution in [0.3, 0.4) is 0 Å². The van der Waals surface area contributed by atoms with E-state index in [0.29, 0.717) is 11.3 Å². The third-order valence-corrected chi connectivity index (χ3v) is 3.14. The molecule has 1 saturated heterocycles. The second kappa shape index (κ2) is 4.42. The second-order valence-electron chi connectivity index (χ2n) is 4.68. The van der Waals surface area contributed by atoms with Crippen molar-refractivity contribution >= 4 is 29.1 Å². The van der Waals surface area contributed by atoms with Gasteiger partial charge in [-0.2, -0.15) is 0 Å². The molecule has 1 aromatic carbocycles. The van der Waals surface area contributed by atoms with Gasteiger partial charge in [-0.15, -0.1) is 0 Å². The lowest BCUT2D eigenvalue weighted by Crippen LogP contribution is -2.32. The van der Waals surface area contributed by atoms with Crippen molar-refractivity contribution in [1.82, 2.24) is 0 Å². The molecule has 1 aromatic rings. The highest BCUT2D eigenvalue weighted by Crippen LogP contribution is 2.28. The number of carbonyl (C=O) groups excluding carboxylic acids is 4. The van der Waals surface area contributed by atoms with Gasteiger partial charge in [0.15, 0.2) is 5.92 Å². The molecule has 0 spiro atoms. The molecule has 5 nitrogen and oxygen atoms in total. The number of Topliss-reactive ketones (excluding diaryl/α,β-unsaturated/α-hetero) is 2. The summed E-state index contributed by atoms with van der Waals surface area (Å²) in [7, 11) is 0. The summed E-state index contributed by atoms with van der Waals surface area (Å²) in [4.78, 5) is 47.7. The Morgan fingerprint density at radius 2 is 1.79 bits per heavy atom. The molecule has 2 amide bonds. The van der Waals surface area contributed by atoms with Crippen LogP contribution in [0.15, 0.2) is 18.2 Å². The summed E-state index contributed by atoms with van der Waals surface area (Å²) in [6.45, 7) is 4.77. The number of ketones is 2. The van der Waals surface area contributed by atoms with Crippen LogP contribution in [0, 0.1) is 19.8 Å². The fourth-order valence-electron chi connectivity index (χ4n) is 2.22. The average molecular weight is 259 g/mol. The van der Waals surface area contributed by atoms with E-state index in [1.807, 2.05) is 13.0 Å². The van der Waals surface area contributed by atoms with Crippen LogP contribution >= 0.6 is 0 Å². The van der Waals surface area contributed by atoms with E-state index in [9.17, 15) is 19.2 Å². The van der Waals surface area contributed by atoms with Gasteiger partial charge in [0.25, 0.3) is 5.91 Å². The second-order valence-corrected chi connectivity index (χ2v) is 4.68. The standard InChI is InChI=1S/C14H13NO4/c1-7-4-5-10(8(2)6-7)15-13(18)11(9(3)16)12(17)14(15)19/h4-6,11H,1-3H3/t11-/m0/s1.